The van der Waals surface area contributed by atoms with Gasteiger partial charge in [0, 0.05) is 24.1 Å². The number of Topliss-reactive ketones (excluding diaryl/α,β-unsaturated/α-hetero) is 1. The molecule has 0 aromatic heterocycles. The molecule has 0 saturated carbocycles. The van der Waals surface area contributed by atoms with E-state index in [9.17, 15) is 19.2 Å². The summed E-state index contributed by atoms with van der Waals surface area (Å²) in [4.78, 5) is 51.6. The van der Waals surface area contributed by atoms with Gasteiger partial charge in [0.1, 0.15) is 17.6 Å². The van der Waals surface area contributed by atoms with Crippen LogP contribution in [0.15, 0.2) is 54.7 Å². The molecule has 0 aliphatic carbocycles. The Balaban J connectivity index is 1.44. The molecule has 1 saturated heterocycles. The van der Waals surface area contributed by atoms with Crippen molar-refractivity contribution in [2.45, 2.75) is 38.1 Å². The highest BCUT2D eigenvalue weighted by atomic mass is 16.5. The number of ether oxygens (including phenoxy) is 1. The number of amides is 3. The third kappa shape index (κ3) is 4.06. The molecule has 2 aliphatic rings. The summed E-state index contributed by atoms with van der Waals surface area (Å²) in [6, 6.07) is 11.6. The highest BCUT2D eigenvalue weighted by Crippen LogP contribution is 2.29. The third-order valence-corrected chi connectivity index (χ3v) is 5.89. The minimum absolute atomic E-state index is 0.0538. The molecule has 7 heteroatoms. The van der Waals surface area contributed by atoms with Gasteiger partial charge in [-0.3, -0.25) is 24.1 Å². The molecule has 32 heavy (non-hydrogen) atoms. The fraction of sp³-hybridized carbons (Fsp3) is 0.280. The van der Waals surface area contributed by atoms with Gasteiger partial charge >= 0.3 is 0 Å². The summed E-state index contributed by atoms with van der Waals surface area (Å²) in [6.45, 7) is 3.73. The zero-order chi connectivity index (χ0) is 22.8. The van der Waals surface area contributed by atoms with Crippen molar-refractivity contribution in [3.05, 3.63) is 77.0 Å². The number of benzene rings is 2. The number of carbonyl (C=O) groups excluding carboxylic acids is 4. The molecule has 1 atom stereocenters. The molecule has 164 valence electrons. The summed E-state index contributed by atoms with van der Waals surface area (Å²) in [5, 5.41) is 2.62. The molecule has 2 aliphatic heterocycles. The second-order valence-corrected chi connectivity index (χ2v) is 8.03. The first-order chi connectivity index (χ1) is 15.4. The van der Waals surface area contributed by atoms with Crippen molar-refractivity contribution in [2.24, 2.45) is 0 Å². The second-order valence-electron chi connectivity index (χ2n) is 8.03. The highest BCUT2D eigenvalue weighted by Gasteiger charge is 2.43. The topological polar surface area (TPSA) is 92.8 Å². The fourth-order valence-corrected chi connectivity index (χ4v) is 4.19. The van der Waals surface area contributed by atoms with E-state index in [1.807, 2.05) is 24.3 Å². The number of para-hydroxylation sites is 1. The first kappa shape index (κ1) is 21.5. The van der Waals surface area contributed by atoms with Crippen LogP contribution in [0.25, 0.3) is 0 Å². The lowest BCUT2D eigenvalue weighted by Gasteiger charge is -2.29. The molecule has 4 rings (SSSR count). The van der Waals surface area contributed by atoms with Gasteiger partial charge in [0.2, 0.25) is 5.91 Å². The number of carbonyl (C=O) groups is 4. The average molecular weight is 432 g/mol. The van der Waals surface area contributed by atoms with E-state index in [0.717, 1.165) is 16.0 Å². The Morgan fingerprint density at radius 3 is 2.62 bits per heavy atom. The number of aryl methyl sites for hydroxylation is 1. The van der Waals surface area contributed by atoms with Crippen LogP contribution in [-0.4, -0.2) is 41.6 Å². The fourth-order valence-electron chi connectivity index (χ4n) is 4.19. The molecule has 0 spiro atoms. The Kier molecular flexibility index (Phi) is 5.90. The zero-order valence-electron chi connectivity index (χ0n) is 17.8. The van der Waals surface area contributed by atoms with Crippen LogP contribution in [0.4, 0.5) is 0 Å². The molecule has 3 amide bonds. The van der Waals surface area contributed by atoms with E-state index >= 15 is 0 Å². The van der Waals surface area contributed by atoms with Gasteiger partial charge in [-0.1, -0.05) is 30.8 Å². The minimum Gasteiger partial charge on any atom is -0.496 e. The number of hydrogen-bond acceptors (Lipinski definition) is 5. The molecular weight excluding hydrogens is 408 g/mol. The van der Waals surface area contributed by atoms with E-state index in [4.69, 9.17) is 4.74 Å². The molecule has 1 N–H and O–H groups in total. The second kappa shape index (κ2) is 8.78. The van der Waals surface area contributed by atoms with Crippen LogP contribution in [0, 0.1) is 0 Å². The quantitative estimate of drug-likeness (QED) is 0.679. The van der Waals surface area contributed by atoms with Gasteiger partial charge in [0.15, 0.2) is 0 Å². The molecular formula is C25H24N2O5. The standard InChI is InChI=1S/C25H24N2O5/c1-15-7-12-21(23(29)26-15)27-24(30)19-11-9-16(13-20(19)25(27)31)8-10-18(28)14-17-5-3-4-6-22(17)32-2/h3-6,9,11,13,21H,1,7-8,10,12,14H2,2H3,(H,26,29). The maximum atomic E-state index is 13.0. The van der Waals surface area contributed by atoms with Crippen LogP contribution in [0.5, 0.6) is 5.75 Å². The number of nitrogens with zero attached hydrogens (tertiary/aromatic N) is 1. The number of ketones is 1. The Labute approximate surface area is 186 Å². The molecule has 7 nitrogen and oxygen atoms in total. The normalized spacial score (nSPS) is 17.9. The van der Waals surface area contributed by atoms with Gasteiger partial charge in [-0.25, -0.2) is 0 Å². The smallest absolute Gasteiger partial charge is 0.262 e. The summed E-state index contributed by atoms with van der Waals surface area (Å²) >= 11 is 0. The maximum absolute atomic E-state index is 13.0. The molecule has 0 bridgehead atoms. The third-order valence-electron chi connectivity index (χ3n) is 5.89. The van der Waals surface area contributed by atoms with Crippen LogP contribution >= 0.6 is 0 Å². The van der Waals surface area contributed by atoms with E-state index in [1.54, 1.807) is 25.3 Å². The van der Waals surface area contributed by atoms with Crippen LogP contribution in [0.2, 0.25) is 0 Å². The summed E-state index contributed by atoms with van der Waals surface area (Å²) < 4.78 is 5.30. The SMILES string of the molecule is C=C1CCC(N2C(=O)c3ccc(CCC(=O)Cc4ccccc4OC)cc3C2=O)C(=O)N1. The lowest BCUT2D eigenvalue weighted by Crippen LogP contribution is -2.51. The predicted molar refractivity (Wildman–Crippen MR) is 117 cm³/mol. The van der Waals surface area contributed by atoms with Gasteiger partial charge in [-0.05, 0) is 43.0 Å². The first-order valence-electron chi connectivity index (χ1n) is 10.5. The van der Waals surface area contributed by atoms with E-state index < -0.39 is 23.8 Å². The number of rotatable bonds is 7. The number of nitrogens with one attached hydrogen (secondary N) is 1. The first-order valence-corrected chi connectivity index (χ1v) is 10.5. The molecule has 1 fully saturated rings. The van der Waals surface area contributed by atoms with Crippen LogP contribution in [0.3, 0.4) is 0 Å². The predicted octanol–water partition coefficient (Wildman–Crippen LogP) is 2.83. The highest BCUT2D eigenvalue weighted by molar-refractivity contribution is 6.23. The van der Waals surface area contributed by atoms with E-state index in [2.05, 4.69) is 11.9 Å². The lowest BCUT2D eigenvalue weighted by atomic mass is 9.99. The number of fused-ring (bicyclic) bond motifs is 1. The Hall–Kier alpha value is -3.74. The number of hydrogen-bond donors (Lipinski definition) is 1. The van der Waals surface area contributed by atoms with Gasteiger partial charge in [-0.15, -0.1) is 0 Å². The molecule has 0 radical (unpaired) electrons. The van der Waals surface area contributed by atoms with Crippen molar-refractivity contribution in [3.63, 3.8) is 0 Å². The van der Waals surface area contributed by atoms with Crippen LogP contribution < -0.4 is 10.1 Å². The van der Waals surface area contributed by atoms with Gasteiger partial charge in [-0.2, -0.15) is 0 Å². The van der Waals surface area contributed by atoms with Gasteiger partial charge in [0.25, 0.3) is 11.8 Å². The molecule has 2 aromatic carbocycles. The van der Waals surface area contributed by atoms with Crippen molar-refractivity contribution in [3.8, 4) is 5.75 Å². The largest absolute Gasteiger partial charge is 0.496 e. The van der Waals surface area contributed by atoms with Gasteiger partial charge in [0.05, 0.1) is 18.2 Å². The Morgan fingerprint density at radius 2 is 1.88 bits per heavy atom. The maximum Gasteiger partial charge on any atom is 0.262 e. The average Bonchev–Trinajstić information content (AvgIpc) is 3.02. The van der Waals surface area contributed by atoms with E-state index in [-0.39, 0.29) is 23.3 Å². The zero-order valence-corrected chi connectivity index (χ0v) is 17.8. The molecule has 1 unspecified atom stereocenters. The van der Waals surface area contributed by atoms with Crippen molar-refractivity contribution in [1.29, 1.82) is 0 Å². The van der Waals surface area contributed by atoms with Crippen molar-refractivity contribution in [1.82, 2.24) is 10.2 Å². The number of methoxy groups -OCH3 is 1. The molecule has 2 aromatic rings. The summed E-state index contributed by atoms with van der Waals surface area (Å²) in [5.74, 6) is -0.592. The van der Waals surface area contributed by atoms with Gasteiger partial charge < -0.3 is 10.1 Å². The summed E-state index contributed by atoms with van der Waals surface area (Å²) in [5.41, 5.74) is 2.78. The van der Waals surface area contributed by atoms with Crippen molar-refractivity contribution in [2.75, 3.05) is 7.11 Å². The number of allylic oxidation sites excluding steroid dienone is 1. The lowest BCUT2D eigenvalue weighted by molar-refractivity contribution is -0.125. The van der Waals surface area contributed by atoms with Crippen molar-refractivity contribution < 1.29 is 23.9 Å². The van der Waals surface area contributed by atoms with E-state index in [0.29, 0.717) is 37.1 Å². The van der Waals surface area contributed by atoms with E-state index in [1.165, 1.54) is 0 Å². The molecule has 2 heterocycles. The Morgan fingerprint density at radius 1 is 1.12 bits per heavy atom. The number of imide groups is 1. The van der Waals surface area contributed by atoms with Crippen molar-refractivity contribution >= 4 is 23.5 Å². The van der Waals surface area contributed by atoms with Crippen LogP contribution in [-0.2, 0) is 22.4 Å². The summed E-state index contributed by atoms with van der Waals surface area (Å²) in [7, 11) is 1.57. The minimum atomic E-state index is -0.834. The monoisotopic (exact) mass is 432 g/mol. The van der Waals surface area contributed by atoms with Crippen LogP contribution in [0.1, 0.15) is 51.1 Å². The summed E-state index contributed by atoms with van der Waals surface area (Å²) in [6.07, 6.45) is 1.90. The number of piperidine rings is 1. The Bertz CT molecular complexity index is 1140.